The van der Waals surface area contributed by atoms with Crippen LogP contribution < -0.4 is 0 Å². The summed E-state index contributed by atoms with van der Waals surface area (Å²) >= 11 is 0. The Bertz CT molecular complexity index is 1220. The summed E-state index contributed by atoms with van der Waals surface area (Å²) < 4.78 is 17.4. The lowest BCUT2D eigenvalue weighted by Crippen LogP contribution is -2.30. The van der Waals surface area contributed by atoms with Crippen molar-refractivity contribution in [3.05, 3.63) is 85.1 Å². The van der Waals surface area contributed by atoms with E-state index in [1.165, 1.54) is 141 Å². The van der Waals surface area contributed by atoms with Crippen molar-refractivity contribution in [3.63, 3.8) is 0 Å². The van der Waals surface area contributed by atoms with Gasteiger partial charge in [-0.25, -0.2) is 0 Å². The van der Waals surface area contributed by atoms with Gasteiger partial charge in [0.05, 0.1) is 6.61 Å². The van der Waals surface area contributed by atoms with Crippen LogP contribution in [-0.4, -0.2) is 37.9 Å². The highest BCUT2D eigenvalue weighted by atomic mass is 16.6. The average Bonchev–Trinajstić information content (AvgIpc) is 3.32. The number of hydrogen-bond donors (Lipinski definition) is 0. The molecular weight excluding hydrogens is 813 g/mol. The molecule has 0 aromatic heterocycles. The zero-order valence-electron chi connectivity index (χ0n) is 43.7. The Hall–Kier alpha value is -2.92. The first-order valence-electron chi connectivity index (χ1n) is 28.1. The van der Waals surface area contributed by atoms with E-state index in [1.54, 1.807) is 0 Å². The van der Waals surface area contributed by atoms with Gasteiger partial charge < -0.3 is 14.2 Å². The maximum Gasteiger partial charge on any atom is 0.306 e. The molecule has 0 radical (unpaired) electrons. The van der Waals surface area contributed by atoms with Gasteiger partial charge in [-0.05, 0) is 96.3 Å². The Kier molecular flexibility index (Phi) is 53.9. The molecule has 0 saturated heterocycles. The van der Waals surface area contributed by atoms with Crippen LogP contribution >= 0.6 is 0 Å². The number of rotatable bonds is 51. The highest BCUT2D eigenvalue weighted by molar-refractivity contribution is 5.70. The predicted molar refractivity (Wildman–Crippen MR) is 288 cm³/mol. The molecule has 66 heavy (non-hydrogen) atoms. The largest absolute Gasteiger partial charge is 0.462 e. The van der Waals surface area contributed by atoms with Crippen LogP contribution in [0.1, 0.15) is 265 Å². The number of carbonyl (C=O) groups is 2. The van der Waals surface area contributed by atoms with E-state index in [2.05, 4.69) is 106 Å². The van der Waals surface area contributed by atoms with Crippen molar-refractivity contribution in [3.8, 4) is 0 Å². The van der Waals surface area contributed by atoms with Gasteiger partial charge in [0.15, 0.2) is 6.10 Å². The van der Waals surface area contributed by atoms with E-state index in [4.69, 9.17) is 14.2 Å². The summed E-state index contributed by atoms with van der Waals surface area (Å²) in [6, 6.07) is 0. The topological polar surface area (TPSA) is 61.8 Å². The standard InChI is InChI=1S/C61H106O5/c1-4-7-10-13-16-19-22-25-27-29-31-32-34-37-39-42-45-48-51-54-60(62)65-58-59(66-61(63)55-52-49-46-43-40-36-24-21-18-15-12-9-6-3)57-64-56-53-50-47-44-41-38-35-33-30-28-26-23-20-17-14-11-8-5-2/h7,10,16-17,19-20,25-28,31-32,37,39,59H,4-6,8-9,11-15,18,21-24,29-30,33-36,38,40-58H2,1-3H3/b10-7-,19-16-,20-17-,27-25-,28-26-,32-31-,39-37-. The van der Waals surface area contributed by atoms with E-state index in [-0.39, 0.29) is 25.2 Å². The normalized spacial score (nSPS) is 12.8. The summed E-state index contributed by atoms with van der Waals surface area (Å²) in [7, 11) is 0. The Labute approximate surface area is 409 Å². The van der Waals surface area contributed by atoms with E-state index < -0.39 is 6.10 Å². The predicted octanol–water partition coefficient (Wildman–Crippen LogP) is 19.2. The van der Waals surface area contributed by atoms with Crippen LogP contribution in [-0.2, 0) is 23.8 Å². The van der Waals surface area contributed by atoms with Crippen LogP contribution in [0, 0.1) is 0 Å². The van der Waals surface area contributed by atoms with Crippen LogP contribution in [0.5, 0.6) is 0 Å². The molecule has 0 aromatic rings. The van der Waals surface area contributed by atoms with E-state index in [1.807, 2.05) is 0 Å². The molecule has 0 bridgehead atoms. The molecule has 0 aliphatic heterocycles. The van der Waals surface area contributed by atoms with E-state index >= 15 is 0 Å². The first kappa shape index (κ1) is 63.1. The number of allylic oxidation sites excluding steroid dienone is 14. The zero-order valence-corrected chi connectivity index (χ0v) is 43.7. The maximum absolute atomic E-state index is 12.8. The van der Waals surface area contributed by atoms with Crippen molar-refractivity contribution in [1.29, 1.82) is 0 Å². The Balaban J connectivity index is 4.32. The third-order valence-corrected chi connectivity index (χ3v) is 11.9. The van der Waals surface area contributed by atoms with Gasteiger partial charge >= 0.3 is 11.9 Å². The molecule has 0 amide bonds. The molecule has 5 nitrogen and oxygen atoms in total. The highest BCUT2D eigenvalue weighted by Crippen LogP contribution is 2.15. The van der Waals surface area contributed by atoms with E-state index in [0.29, 0.717) is 19.4 Å². The first-order valence-corrected chi connectivity index (χ1v) is 28.1. The Morgan fingerprint density at radius 1 is 0.348 bits per heavy atom. The summed E-state index contributed by atoms with van der Waals surface area (Å²) in [4.78, 5) is 25.5. The molecule has 380 valence electrons. The van der Waals surface area contributed by atoms with Gasteiger partial charge in [-0.3, -0.25) is 9.59 Å². The van der Waals surface area contributed by atoms with Crippen molar-refractivity contribution in [1.82, 2.24) is 0 Å². The van der Waals surface area contributed by atoms with Gasteiger partial charge in [0.25, 0.3) is 0 Å². The molecule has 0 spiro atoms. The second kappa shape index (κ2) is 56.4. The number of hydrogen-bond acceptors (Lipinski definition) is 5. The van der Waals surface area contributed by atoms with Crippen molar-refractivity contribution in [2.45, 2.75) is 271 Å². The molecule has 0 aliphatic rings. The van der Waals surface area contributed by atoms with Crippen molar-refractivity contribution in [2.75, 3.05) is 19.8 Å². The Morgan fingerprint density at radius 2 is 0.682 bits per heavy atom. The molecule has 0 aromatic carbocycles. The van der Waals surface area contributed by atoms with Gasteiger partial charge in [-0.15, -0.1) is 0 Å². The lowest BCUT2D eigenvalue weighted by atomic mass is 10.0. The lowest BCUT2D eigenvalue weighted by molar-refractivity contribution is -0.163. The second-order valence-corrected chi connectivity index (χ2v) is 18.5. The molecule has 0 saturated carbocycles. The summed E-state index contributed by atoms with van der Waals surface area (Å²) in [6.45, 7) is 7.66. The first-order chi connectivity index (χ1) is 32.6. The summed E-state index contributed by atoms with van der Waals surface area (Å²) in [6.07, 6.45) is 74.5. The van der Waals surface area contributed by atoms with Crippen LogP contribution in [0.15, 0.2) is 85.1 Å². The van der Waals surface area contributed by atoms with Crippen LogP contribution in [0.2, 0.25) is 0 Å². The molecule has 0 rings (SSSR count). The van der Waals surface area contributed by atoms with Crippen LogP contribution in [0.25, 0.3) is 0 Å². The molecule has 0 fully saturated rings. The van der Waals surface area contributed by atoms with Gasteiger partial charge in [-0.1, -0.05) is 241 Å². The molecule has 0 heterocycles. The highest BCUT2D eigenvalue weighted by Gasteiger charge is 2.17. The van der Waals surface area contributed by atoms with E-state index in [9.17, 15) is 9.59 Å². The smallest absolute Gasteiger partial charge is 0.306 e. The number of esters is 2. The average molecular weight is 920 g/mol. The van der Waals surface area contributed by atoms with Gasteiger partial charge in [0, 0.05) is 19.4 Å². The minimum atomic E-state index is -0.555. The lowest BCUT2D eigenvalue weighted by Gasteiger charge is -2.18. The summed E-state index contributed by atoms with van der Waals surface area (Å²) in [5.74, 6) is -0.432. The van der Waals surface area contributed by atoms with Crippen LogP contribution in [0.4, 0.5) is 0 Å². The fraction of sp³-hybridized carbons (Fsp3) is 0.738. The van der Waals surface area contributed by atoms with E-state index in [0.717, 1.165) is 89.9 Å². The van der Waals surface area contributed by atoms with Crippen molar-refractivity contribution < 1.29 is 23.8 Å². The number of carbonyl (C=O) groups excluding carboxylic acids is 2. The molecular formula is C61H106O5. The molecule has 1 unspecified atom stereocenters. The minimum Gasteiger partial charge on any atom is -0.462 e. The molecule has 0 aliphatic carbocycles. The fourth-order valence-corrected chi connectivity index (χ4v) is 7.74. The number of unbranched alkanes of at least 4 members (excludes halogenated alkanes) is 26. The summed E-state index contributed by atoms with van der Waals surface area (Å²) in [5.41, 5.74) is 0. The second-order valence-electron chi connectivity index (χ2n) is 18.5. The number of ether oxygens (including phenoxy) is 3. The maximum atomic E-state index is 12.8. The van der Waals surface area contributed by atoms with Gasteiger partial charge in [-0.2, -0.15) is 0 Å². The minimum absolute atomic E-state index is 0.0647. The monoisotopic (exact) mass is 919 g/mol. The third kappa shape index (κ3) is 53.7. The van der Waals surface area contributed by atoms with Crippen molar-refractivity contribution >= 4 is 11.9 Å². The zero-order chi connectivity index (χ0) is 47.7. The molecule has 5 heteroatoms. The fourth-order valence-electron chi connectivity index (χ4n) is 7.74. The molecule has 1 atom stereocenters. The quantitative estimate of drug-likeness (QED) is 0.0346. The van der Waals surface area contributed by atoms with Gasteiger partial charge in [0.2, 0.25) is 0 Å². The summed E-state index contributed by atoms with van der Waals surface area (Å²) in [5, 5.41) is 0. The van der Waals surface area contributed by atoms with Gasteiger partial charge in [0.1, 0.15) is 6.61 Å². The molecule has 0 N–H and O–H groups in total. The van der Waals surface area contributed by atoms with Crippen LogP contribution in [0.3, 0.4) is 0 Å². The third-order valence-electron chi connectivity index (χ3n) is 11.9. The Morgan fingerprint density at radius 3 is 1.14 bits per heavy atom. The van der Waals surface area contributed by atoms with Crippen molar-refractivity contribution in [2.24, 2.45) is 0 Å². The SMILES string of the molecule is CC/C=C\C/C=C\C/C=C\C/C=C\C/C=C\CCCCCC(=O)OCC(COCCCCCCCCCC/C=C\C/C=C\CCCCC)OC(=O)CCCCCCCCCCCCCCC.